The van der Waals surface area contributed by atoms with E-state index in [2.05, 4.69) is 27.3 Å². The summed E-state index contributed by atoms with van der Waals surface area (Å²) in [5, 5.41) is 3.48. The number of nitrogens with zero attached hydrogens (tertiary/aromatic N) is 6. The average molecular weight is 466 g/mol. The average Bonchev–Trinajstić information content (AvgIpc) is 3.49. The van der Waals surface area contributed by atoms with Crippen LogP contribution in [0.1, 0.15) is 18.4 Å². The third-order valence-corrected chi connectivity index (χ3v) is 6.39. The zero-order valence-electron chi connectivity index (χ0n) is 19.6. The lowest BCUT2D eigenvalue weighted by Crippen LogP contribution is -2.37. The molecule has 10 heteroatoms. The summed E-state index contributed by atoms with van der Waals surface area (Å²) >= 11 is 0. The number of hydrogen-bond acceptors (Lipinski definition) is 8. The predicted molar refractivity (Wildman–Crippen MR) is 129 cm³/mol. The molecule has 0 atom stereocenters. The summed E-state index contributed by atoms with van der Waals surface area (Å²) in [6, 6.07) is 8.09. The first-order valence-corrected chi connectivity index (χ1v) is 11.9. The SMILES string of the molecule is COc1ccc(CCNc2nc(N3CCOCC3)nc3c2ncn3CCN2CCCC2=O)cc1. The molecule has 1 amide bonds. The quantitative estimate of drug-likeness (QED) is 0.512. The Bertz CT molecular complexity index is 1130. The number of ether oxygens (including phenoxy) is 2. The molecule has 1 N–H and O–H groups in total. The highest BCUT2D eigenvalue weighted by Crippen LogP contribution is 2.24. The lowest BCUT2D eigenvalue weighted by molar-refractivity contribution is -0.127. The molecule has 3 aromatic rings. The fourth-order valence-electron chi connectivity index (χ4n) is 4.41. The Hall–Kier alpha value is -3.40. The maximum Gasteiger partial charge on any atom is 0.229 e. The summed E-state index contributed by atoms with van der Waals surface area (Å²) in [5.74, 6) is 2.50. The molecule has 2 aliphatic rings. The fraction of sp³-hybridized carbons (Fsp3) is 0.500. The van der Waals surface area contributed by atoms with Crippen molar-refractivity contribution in [1.29, 1.82) is 0 Å². The summed E-state index contributed by atoms with van der Waals surface area (Å²) in [4.78, 5) is 30.4. The number of imidazole rings is 1. The molecule has 0 saturated carbocycles. The van der Waals surface area contributed by atoms with Crippen molar-refractivity contribution in [2.45, 2.75) is 25.8 Å². The van der Waals surface area contributed by atoms with E-state index >= 15 is 0 Å². The Labute approximate surface area is 198 Å². The van der Waals surface area contributed by atoms with Crippen molar-refractivity contribution in [3.05, 3.63) is 36.2 Å². The van der Waals surface area contributed by atoms with Crippen LogP contribution in [-0.4, -0.2) is 83.4 Å². The van der Waals surface area contributed by atoms with Crippen LogP contribution in [-0.2, 0) is 22.5 Å². The van der Waals surface area contributed by atoms with Crippen molar-refractivity contribution in [3.63, 3.8) is 0 Å². The number of methoxy groups -OCH3 is 1. The van der Waals surface area contributed by atoms with Crippen LogP contribution in [0.5, 0.6) is 5.75 Å². The van der Waals surface area contributed by atoms with Crippen LogP contribution in [0.15, 0.2) is 30.6 Å². The Morgan fingerprint density at radius 1 is 1.09 bits per heavy atom. The van der Waals surface area contributed by atoms with E-state index in [1.807, 2.05) is 21.6 Å². The van der Waals surface area contributed by atoms with Gasteiger partial charge in [0.15, 0.2) is 17.0 Å². The van der Waals surface area contributed by atoms with Gasteiger partial charge in [0.25, 0.3) is 0 Å². The zero-order chi connectivity index (χ0) is 23.3. The number of hydrogen-bond donors (Lipinski definition) is 1. The van der Waals surface area contributed by atoms with Crippen LogP contribution in [0.3, 0.4) is 0 Å². The maximum atomic E-state index is 12.0. The molecule has 4 heterocycles. The number of likely N-dealkylation sites (tertiary alicyclic amines) is 1. The Kier molecular flexibility index (Phi) is 6.75. The third kappa shape index (κ3) is 4.91. The van der Waals surface area contributed by atoms with E-state index in [9.17, 15) is 4.79 Å². The second kappa shape index (κ2) is 10.3. The Morgan fingerprint density at radius 3 is 2.65 bits per heavy atom. The first kappa shape index (κ1) is 22.4. The molecule has 34 heavy (non-hydrogen) atoms. The van der Waals surface area contributed by atoms with Crippen LogP contribution < -0.4 is 15.0 Å². The van der Waals surface area contributed by atoms with Gasteiger partial charge in [0, 0.05) is 45.7 Å². The standard InChI is InChI=1S/C24H31N7O3/c1-33-19-6-4-18(5-7-19)8-9-25-22-21-23(28-24(27-22)30-13-15-34-16-14-30)31(17-26-21)12-11-29-10-2-3-20(29)32/h4-7,17H,2-3,8-16H2,1H3,(H,25,27,28). The predicted octanol–water partition coefficient (Wildman–Crippen LogP) is 1.95. The van der Waals surface area contributed by atoms with E-state index in [4.69, 9.17) is 19.4 Å². The number of carbonyl (C=O) groups excluding carboxylic acids is 1. The molecular formula is C24H31N7O3. The van der Waals surface area contributed by atoms with Gasteiger partial charge in [-0.2, -0.15) is 9.97 Å². The van der Waals surface area contributed by atoms with Crippen molar-refractivity contribution in [1.82, 2.24) is 24.4 Å². The Balaban J connectivity index is 1.36. The van der Waals surface area contributed by atoms with Crippen LogP contribution in [0.2, 0.25) is 0 Å². The summed E-state index contributed by atoms with van der Waals surface area (Å²) in [5.41, 5.74) is 2.75. The van der Waals surface area contributed by atoms with Gasteiger partial charge in [0.1, 0.15) is 5.75 Å². The normalized spacial score (nSPS) is 16.4. The molecule has 180 valence electrons. The van der Waals surface area contributed by atoms with Crippen LogP contribution in [0.25, 0.3) is 11.2 Å². The summed E-state index contributed by atoms with van der Waals surface area (Å²) in [6.45, 7) is 5.72. The highest BCUT2D eigenvalue weighted by molar-refractivity contribution is 5.84. The van der Waals surface area contributed by atoms with Gasteiger partial charge in [-0.05, 0) is 30.5 Å². The molecule has 0 aliphatic carbocycles. The van der Waals surface area contributed by atoms with Gasteiger partial charge in [0.2, 0.25) is 11.9 Å². The monoisotopic (exact) mass is 465 g/mol. The molecule has 2 aliphatic heterocycles. The minimum Gasteiger partial charge on any atom is -0.497 e. The zero-order valence-corrected chi connectivity index (χ0v) is 19.6. The van der Waals surface area contributed by atoms with Crippen molar-refractivity contribution in [2.24, 2.45) is 0 Å². The first-order chi connectivity index (χ1) is 16.7. The molecule has 0 unspecified atom stereocenters. The third-order valence-electron chi connectivity index (χ3n) is 6.39. The number of rotatable bonds is 9. The van der Waals surface area contributed by atoms with Gasteiger partial charge in [0.05, 0.1) is 26.7 Å². The number of anilines is 2. The van der Waals surface area contributed by atoms with Crippen molar-refractivity contribution in [3.8, 4) is 5.75 Å². The highest BCUT2D eigenvalue weighted by atomic mass is 16.5. The summed E-state index contributed by atoms with van der Waals surface area (Å²) < 4.78 is 12.8. The molecule has 10 nitrogen and oxygen atoms in total. The fourth-order valence-corrected chi connectivity index (χ4v) is 4.41. The van der Waals surface area contributed by atoms with Gasteiger partial charge >= 0.3 is 0 Å². The number of nitrogens with one attached hydrogen (secondary N) is 1. The molecule has 5 rings (SSSR count). The number of amides is 1. The molecular weight excluding hydrogens is 434 g/mol. The number of fused-ring (bicyclic) bond motifs is 1. The van der Waals surface area contributed by atoms with Crippen LogP contribution >= 0.6 is 0 Å². The lowest BCUT2D eigenvalue weighted by Gasteiger charge is -2.27. The van der Waals surface area contributed by atoms with Gasteiger partial charge in [-0.15, -0.1) is 0 Å². The van der Waals surface area contributed by atoms with E-state index < -0.39 is 0 Å². The Morgan fingerprint density at radius 2 is 1.91 bits per heavy atom. The second-order valence-electron chi connectivity index (χ2n) is 8.59. The van der Waals surface area contributed by atoms with E-state index in [1.54, 1.807) is 13.4 Å². The van der Waals surface area contributed by atoms with Gasteiger partial charge < -0.3 is 29.2 Å². The number of benzene rings is 1. The number of carbonyl (C=O) groups is 1. The topological polar surface area (TPSA) is 97.6 Å². The number of aromatic nitrogens is 4. The smallest absolute Gasteiger partial charge is 0.229 e. The summed E-state index contributed by atoms with van der Waals surface area (Å²) in [7, 11) is 1.67. The van der Waals surface area contributed by atoms with E-state index in [1.165, 1.54) is 5.56 Å². The van der Waals surface area contributed by atoms with Crippen molar-refractivity contribution < 1.29 is 14.3 Å². The second-order valence-corrected chi connectivity index (χ2v) is 8.59. The van der Waals surface area contributed by atoms with Crippen molar-refractivity contribution >= 4 is 28.8 Å². The van der Waals surface area contributed by atoms with E-state index in [-0.39, 0.29) is 5.91 Å². The first-order valence-electron chi connectivity index (χ1n) is 11.9. The molecule has 2 aromatic heterocycles. The van der Waals surface area contributed by atoms with Crippen LogP contribution in [0, 0.1) is 0 Å². The highest BCUT2D eigenvalue weighted by Gasteiger charge is 2.22. The van der Waals surface area contributed by atoms with Gasteiger partial charge in [-0.1, -0.05) is 12.1 Å². The van der Waals surface area contributed by atoms with E-state index in [0.717, 1.165) is 61.8 Å². The van der Waals surface area contributed by atoms with Gasteiger partial charge in [-0.25, -0.2) is 4.98 Å². The minimum atomic E-state index is 0.231. The molecule has 0 bridgehead atoms. The molecule has 2 saturated heterocycles. The van der Waals surface area contributed by atoms with Crippen LogP contribution in [0.4, 0.5) is 11.8 Å². The lowest BCUT2D eigenvalue weighted by atomic mass is 10.1. The molecule has 0 spiro atoms. The summed E-state index contributed by atoms with van der Waals surface area (Å²) in [6.07, 6.45) is 4.24. The van der Waals surface area contributed by atoms with Crippen molar-refractivity contribution in [2.75, 3.05) is 63.3 Å². The van der Waals surface area contributed by atoms with E-state index in [0.29, 0.717) is 38.7 Å². The molecule has 0 radical (unpaired) electrons. The molecule has 1 aromatic carbocycles. The number of morpholine rings is 1. The maximum absolute atomic E-state index is 12.0. The minimum absolute atomic E-state index is 0.231. The van der Waals surface area contributed by atoms with Gasteiger partial charge in [-0.3, -0.25) is 4.79 Å². The molecule has 2 fully saturated rings. The largest absolute Gasteiger partial charge is 0.497 e.